The molecule has 3 rings (SSSR count). The first-order valence-electron chi connectivity index (χ1n) is 8.45. The van der Waals surface area contributed by atoms with Gasteiger partial charge in [0, 0.05) is 31.1 Å². The second-order valence-corrected chi connectivity index (χ2v) is 8.02. The van der Waals surface area contributed by atoms with Crippen LogP contribution < -0.4 is 20.1 Å². The first-order chi connectivity index (χ1) is 12.6. The number of carbonyl (C=O) groups excluding carboxylic acids is 1. The zero-order chi connectivity index (χ0) is 18.5. The molecule has 0 saturated heterocycles. The third-order valence-corrected chi connectivity index (χ3v) is 5.88. The van der Waals surface area contributed by atoms with E-state index in [2.05, 4.69) is 20.8 Å². The molecule has 0 radical (unpaired) electrons. The molecule has 1 aliphatic heterocycles. The fraction of sp³-hybridized carbons (Fsp3) is 0.471. The quantitative estimate of drug-likeness (QED) is 0.666. The van der Waals surface area contributed by atoms with Gasteiger partial charge in [0.05, 0.1) is 12.4 Å². The monoisotopic (exact) mass is 394 g/mol. The molecule has 2 N–H and O–H groups in total. The lowest BCUT2D eigenvalue weighted by Crippen LogP contribution is -2.24. The molecule has 0 bridgehead atoms. The largest absolute Gasteiger partial charge is 0.494 e. The van der Waals surface area contributed by atoms with Crippen LogP contribution in [0.4, 0.5) is 5.13 Å². The van der Waals surface area contributed by atoms with Crippen LogP contribution in [-0.4, -0.2) is 41.6 Å². The van der Waals surface area contributed by atoms with E-state index in [0.717, 1.165) is 38.5 Å². The van der Waals surface area contributed by atoms with E-state index >= 15 is 0 Å². The van der Waals surface area contributed by atoms with Gasteiger partial charge < -0.3 is 20.1 Å². The number of ether oxygens (including phenoxy) is 2. The van der Waals surface area contributed by atoms with Crippen molar-refractivity contribution in [2.45, 2.75) is 37.3 Å². The van der Waals surface area contributed by atoms with Gasteiger partial charge in [-0.15, -0.1) is 10.2 Å². The summed E-state index contributed by atoms with van der Waals surface area (Å²) in [4.78, 5) is 12.2. The Labute approximate surface area is 160 Å². The summed E-state index contributed by atoms with van der Waals surface area (Å²) in [6.07, 6.45) is 1.06. The van der Waals surface area contributed by atoms with Crippen LogP contribution in [0.1, 0.15) is 25.0 Å². The summed E-state index contributed by atoms with van der Waals surface area (Å²) in [5.41, 5.74) is 2.08. The van der Waals surface area contributed by atoms with Crippen molar-refractivity contribution >= 4 is 34.1 Å². The van der Waals surface area contributed by atoms with Gasteiger partial charge in [-0.1, -0.05) is 23.1 Å². The van der Waals surface area contributed by atoms with E-state index in [9.17, 15) is 4.79 Å². The van der Waals surface area contributed by atoms with E-state index < -0.39 is 0 Å². The maximum absolute atomic E-state index is 12.2. The third-order valence-electron chi connectivity index (χ3n) is 3.80. The predicted molar refractivity (Wildman–Crippen MR) is 103 cm³/mol. The van der Waals surface area contributed by atoms with Crippen LogP contribution in [0.2, 0.25) is 0 Å². The SMILES string of the molecule is CCOc1cc2c(cc1CNC(=O)CSc1nnc(NC)s1)OC(C)C2. The third kappa shape index (κ3) is 4.59. The van der Waals surface area contributed by atoms with Gasteiger partial charge in [0.25, 0.3) is 0 Å². The molecule has 1 amide bonds. The zero-order valence-electron chi connectivity index (χ0n) is 15.0. The number of aromatic nitrogens is 2. The maximum Gasteiger partial charge on any atom is 0.230 e. The number of nitrogens with one attached hydrogen (secondary N) is 2. The molecule has 140 valence electrons. The molecule has 1 unspecified atom stereocenters. The van der Waals surface area contributed by atoms with Gasteiger partial charge >= 0.3 is 0 Å². The highest BCUT2D eigenvalue weighted by atomic mass is 32.2. The second-order valence-electron chi connectivity index (χ2n) is 5.82. The van der Waals surface area contributed by atoms with Crippen LogP contribution in [0.3, 0.4) is 0 Å². The van der Waals surface area contributed by atoms with Crippen molar-refractivity contribution in [3.8, 4) is 11.5 Å². The Hall–Kier alpha value is -2.00. The van der Waals surface area contributed by atoms with Gasteiger partial charge in [0.15, 0.2) is 4.34 Å². The number of nitrogens with zero attached hydrogens (tertiary/aromatic N) is 2. The van der Waals surface area contributed by atoms with Crippen LogP contribution in [0, 0.1) is 0 Å². The number of hydrogen-bond acceptors (Lipinski definition) is 8. The molecule has 1 aromatic heterocycles. The van der Waals surface area contributed by atoms with Crippen molar-refractivity contribution in [3.05, 3.63) is 23.3 Å². The highest BCUT2D eigenvalue weighted by molar-refractivity contribution is 8.01. The fourth-order valence-electron chi connectivity index (χ4n) is 2.65. The van der Waals surface area contributed by atoms with E-state index in [1.54, 1.807) is 7.05 Å². The standard InChI is InChI=1S/C17H22N4O3S2/c1-4-23-13-6-11-5-10(2)24-14(11)7-12(13)8-19-15(22)9-25-17-21-20-16(18-3)26-17/h6-7,10H,4-5,8-9H2,1-3H3,(H,18,20)(H,19,22). The van der Waals surface area contributed by atoms with Crippen LogP contribution in [-0.2, 0) is 17.8 Å². The van der Waals surface area contributed by atoms with Crippen LogP contribution >= 0.6 is 23.1 Å². The van der Waals surface area contributed by atoms with E-state index in [1.807, 2.05) is 26.0 Å². The summed E-state index contributed by atoms with van der Waals surface area (Å²) < 4.78 is 12.3. The number of thioether (sulfide) groups is 1. The number of carbonyl (C=O) groups is 1. The first kappa shape index (κ1) is 18.8. The highest BCUT2D eigenvalue weighted by Crippen LogP contribution is 2.35. The number of hydrogen-bond donors (Lipinski definition) is 2. The van der Waals surface area contributed by atoms with E-state index in [0.29, 0.717) is 18.9 Å². The Kier molecular flexibility index (Phi) is 6.20. The molecule has 2 heterocycles. The maximum atomic E-state index is 12.2. The molecule has 0 fully saturated rings. The number of anilines is 1. The van der Waals surface area contributed by atoms with Crippen molar-refractivity contribution in [2.75, 3.05) is 24.7 Å². The predicted octanol–water partition coefficient (Wildman–Crippen LogP) is 2.71. The normalized spacial score (nSPS) is 15.3. The number of benzene rings is 1. The Morgan fingerprint density at radius 2 is 2.31 bits per heavy atom. The lowest BCUT2D eigenvalue weighted by Gasteiger charge is -2.13. The van der Waals surface area contributed by atoms with Crippen LogP contribution in [0.5, 0.6) is 11.5 Å². The molecule has 1 aliphatic rings. The van der Waals surface area contributed by atoms with Gasteiger partial charge in [-0.3, -0.25) is 4.79 Å². The van der Waals surface area contributed by atoms with Crippen LogP contribution in [0.15, 0.2) is 16.5 Å². The number of rotatable bonds is 8. The molecule has 9 heteroatoms. The van der Waals surface area contributed by atoms with Gasteiger partial charge in [-0.05, 0) is 26.0 Å². The summed E-state index contributed by atoms with van der Waals surface area (Å²) in [5, 5.41) is 14.6. The van der Waals surface area contributed by atoms with Crippen molar-refractivity contribution in [2.24, 2.45) is 0 Å². The second kappa shape index (κ2) is 8.59. The molecule has 1 aromatic carbocycles. The summed E-state index contributed by atoms with van der Waals surface area (Å²) >= 11 is 2.80. The first-order valence-corrected chi connectivity index (χ1v) is 10.2. The summed E-state index contributed by atoms with van der Waals surface area (Å²) in [6, 6.07) is 4.00. The minimum absolute atomic E-state index is 0.0616. The number of fused-ring (bicyclic) bond motifs is 1. The average Bonchev–Trinajstić information content (AvgIpc) is 3.23. The van der Waals surface area contributed by atoms with E-state index in [4.69, 9.17) is 9.47 Å². The lowest BCUT2D eigenvalue weighted by molar-refractivity contribution is -0.118. The minimum atomic E-state index is -0.0616. The van der Waals surface area contributed by atoms with Crippen molar-refractivity contribution < 1.29 is 14.3 Å². The number of amides is 1. The minimum Gasteiger partial charge on any atom is -0.494 e. The molecule has 26 heavy (non-hydrogen) atoms. The Bertz CT molecular complexity index is 781. The molecule has 0 spiro atoms. The van der Waals surface area contributed by atoms with Crippen LogP contribution in [0.25, 0.3) is 0 Å². The van der Waals surface area contributed by atoms with Gasteiger partial charge in [0.2, 0.25) is 11.0 Å². The average molecular weight is 395 g/mol. The Morgan fingerprint density at radius 1 is 1.46 bits per heavy atom. The Morgan fingerprint density at radius 3 is 3.04 bits per heavy atom. The highest BCUT2D eigenvalue weighted by Gasteiger charge is 2.22. The lowest BCUT2D eigenvalue weighted by atomic mass is 10.1. The summed E-state index contributed by atoms with van der Waals surface area (Å²) in [7, 11) is 1.79. The van der Waals surface area contributed by atoms with E-state index in [-0.39, 0.29) is 12.0 Å². The smallest absolute Gasteiger partial charge is 0.230 e. The van der Waals surface area contributed by atoms with Crippen molar-refractivity contribution in [1.82, 2.24) is 15.5 Å². The van der Waals surface area contributed by atoms with Gasteiger partial charge in [-0.25, -0.2) is 0 Å². The molecule has 2 aromatic rings. The van der Waals surface area contributed by atoms with Crippen molar-refractivity contribution in [1.29, 1.82) is 0 Å². The molecular formula is C17H22N4O3S2. The van der Waals surface area contributed by atoms with Crippen molar-refractivity contribution in [3.63, 3.8) is 0 Å². The van der Waals surface area contributed by atoms with E-state index in [1.165, 1.54) is 23.1 Å². The topological polar surface area (TPSA) is 85.4 Å². The summed E-state index contributed by atoms with van der Waals surface area (Å²) in [5.74, 6) is 1.92. The van der Waals surface area contributed by atoms with Gasteiger partial charge in [-0.2, -0.15) is 0 Å². The van der Waals surface area contributed by atoms with Gasteiger partial charge in [0.1, 0.15) is 17.6 Å². The Balaban J connectivity index is 1.58. The molecule has 7 nitrogen and oxygen atoms in total. The zero-order valence-corrected chi connectivity index (χ0v) is 16.6. The molecule has 1 atom stereocenters. The molecule has 0 aliphatic carbocycles. The molecule has 0 saturated carbocycles. The molecular weight excluding hydrogens is 372 g/mol. The summed E-state index contributed by atoms with van der Waals surface area (Å²) in [6.45, 7) is 4.98. The fourth-order valence-corrected chi connectivity index (χ4v) is 4.19.